The zero-order chi connectivity index (χ0) is 22.5. The van der Waals surface area contributed by atoms with Gasteiger partial charge in [0.15, 0.2) is 0 Å². The van der Waals surface area contributed by atoms with Crippen LogP contribution in [0.25, 0.3) is 0 Å². The molecule has 156 valence electrons. The number of aromatic nitrogens is 2. The fraction of sp³-hybridized carbons (Fsp3) is 0.174. The van der Waals surface area contributed by atoms with Crippen molar-refractivity contribution in [2.24, 2.45) is 0 Å². The lowest BCUT2D eigenvalue weighted by atomic mass is 10.0. The van der Waals surface area contributed by atoms with E-state index in [1.165, 1.54) is 6.20 Å². The minimum absolute atomic E-state index is 0.181. The predicted molar refractivity (Wildman–Crippen MR) is 119 cm³/mol. The van der Waals surface area contributed by atoms with Gasteiger partial charge in [-0.15, -0.1) is 0 Å². The summed E-state index contributed by atoms with van der Waals surface area (Å²) in [5.41, 5.74) is 10.2. The first kappa shape index (κ1) is 21.5. The topological polar surface area (TPSA) is 138 Å². The van der Waals surface area contributed by atoms with Crippen molar-refractivity contribution in [2.45, 2.75) is 20.8 Å². The molecule has 0 fully saturated rings. The summed E-state index contributed by atoms with van der Waals surface area (Å²) in [6.45, 7) is 5.85. The van der Waals surface area contributed by atoms with Crippen molar-refractivity contribution in [1.29, 1.82) is 10.7 Å². The Bertz CT molecular complexity index is 1210. The van der Waals surface area contributed by atoms with Crippen molar-refractivity contribution in [3.8, 4) is 11.9 Å². The third-order valence-corrected chi connectivity index (χ3v) is 4.88. The number of hydrogen-bond acceptors (Lipinski definition) is 7. The van der Waals surface area contributed by atoms with E-state index in [0.717, 1.165) is 0 Å². The van der Waals surface area contributed by atoms with E-state index in [1.807, 2.05) is 6.92 Å². The maximum atomic E-state index is 12.8. The normalized spacial score (nSPS) is 10.3. The Labute approximate surface area is 180 Å². The van der Waals surface area contributed by atoms with E-state index in [2.05, 4.69) is 21.4 Å². The van der Waals surface area contributed by atoms with Gasteiger partial charge in [0.1, 0.15) is 11.8 Å². The van der Waals surface area contributed by atoms with E-state index in [1.54, 1.807) is 50.4 Å². The molecule has 0 aliphatic heterocycles. The maximum absolute atomic E-state index is 12.8. The van der Waals surface area contributed by atoms with Crippen molar-refractivity contribution in [1.82, 2.24) is 9.97 Å². The third-order valence-electron chi connectivity index (χ3n) is 4.88. The molecule has 1 aromatic carbocycles. The van der Waals surface area contributed by atoms with Crippen LogP contribution in [0.15, 0.2) is 42.7 Å². The molecule has 4 N–H and O–H groups in total. The molecular formula is C23H22N6O2. The molecule has 8 nitrogen and oxygen atoms in total. The van der Waals surface area contributed by atoms with Crippen molar-refractivity contribution < 1.29 is 9.53 Å². The molecule has 0 saturated carbocycles. The first-order valence-electron chi connectivity index (χ1n) is 9.61. The second-order valence-electron chi connectivity index (χ2n) is 6.83. The summed E-state index contributed by atoms with van der Waals surface area (Å²) in [6.07, 6.45) is 2.96. The second kappa shape index (κ2) is 9.05. The van der Waals surface area contributed by atoms with Crippen LogP contribution in [0.5, 0.6) is 5.88 Å². The lowest BCUT2D eigenvalue weighted by Crippen LogP contribution is -2.17. The monoisotopic (exact) mass is 414 g/mol. The van der Waals surface area contributed by atoms with Crippen LogP contribution in [-0.4, -0.2) is 28.2 Å². The Morgan fingerprint density at radius 2 is 2.00 bits per heavy atom. The van der Waals surface area contributed by atoms with Crippen molar-refractivity contribution in [3.05, 3.63) is 76.2 Å². The Kier molecular flexibility index (Phi) is 6.26. The van der Waals surface area contributed by atoms with Gasteiger partial charge in [0.05, 0.1) is 17.9 Å². The smallest absolute Gasteiger partial charge is 0.274 e. The summed E-state index contributed by atoms with van der Waals surface area (Å²) in [5, 5.41) is 20.5. The molecule has 0 radical (unpaired) electrons. The van der Waals surface area contributed by atoms with Gasteiger partial charge in [-0.25, -0.2) is 9.97 Å². The molecule has 2 aromatic heterocycles. The number of nitrogen functional groups attached to an aromatic ring is 1. The largest absolute Gasteiger partial charge is 0.478 e. The fourth-order valence-electron chi connectivity index (χ4n) is 3.03. The molecule has 2 heterocycles. The molecule has 8 heteroatoms. The van der Waals surface area contributed by atoms with Gasteiger partial charge in [0, 0.05) is 41.0 Å². The van der Waals surface area contributed by atoms with E-state index < -0.39 is 5.91 Å². The summed E-state index contributed by atoms with van der Waals surface area (Å²) >= 11 is 0. The lowest BCUT2D eigenvalue weighted by molar-refractivity contribution is 0.102. The minimum atomic E-state index is -0.408. The number of anilines is 2. The summed E-state index contributed by atoms with van der Waals surface area (Å²) < 4.78 is 5.40. The van der Waals surface area contributed by atoms with Crippen molar-refractivity contribution in [2.75, 3.05) is 17.7 Å². The Morgan fingerprint density at radius 1 is 1.23 bits per heavy atom. The number of amides is 1. The first-order valence-corrected chi connectivity index (χ1v) is 9.61. The number of hydrogen-bond donors (Lipinski definition) is 3. The molecule has 0 aliphatic rings. The SMILES string of the molecule is CCOc1cc(C(=N)c2cc(NC(=O)c3ncc(C#N)c(C)c3C)ccc2N)ccn1. The van der Waals surface area contributed by atoms with E-state index in [0.29, 0.717) is 51.7 Å². The molecule has 0 saturated heterocycles. The quantitative estimate of drug-likeness (QED) is 0.416. The molecule has 31 heavy (non-hydrogen) atoms. The number of rotatable bonds is 6. The zero-order valence-electron chi connectivity index (χ0n) is 17.5. The number of nitriles is 1. The van der Waals surface area contributed by atoms with Gasteiger partial charge in [-0.1, -0.05) is 0 Å². The Morgan fingerprint density at radius 3 is 2.71 bits per heavy atom. The number of pyridine rings is 2. The molecule has 3 aromatic rings. The summed E-state index contributed by atoms with van der Waals surface area (Å²) in [7, 11) is 0. The summed E-state index contributed by atoms with van der Waals surface area (Å²) in [5.74, 6) is 0.0143. The van der Waals surface area contributed by atoms with E-state index in [-0.39, 0.29) is 11.4 Å². The highest BCUT2D eigenvalue weighted by Gasteiger charge is 2.16. The fourth-order valence-corrected chi connectivity index (χ4v) is 3.03. The molecule has 0 spiro atoms. The predicted octanol–water partition coefficient (Wildman–Crippen LogP) is 3.61. The van der Waals surface area contributed by atoms with Crippen LogP contribution < -0.4 is 15.8 Å². The van der Waals surface area contributed by atoms with Gasteiger partial charge in [-0.2, -0.15) is 5.26 Å². The third kappa shape index (κ3) is 4.51. The van der Waals surface area contributed by atoms with Crippen LogP contribution in [0.4, 0.5) is 11.4 Å². The number of nitrogens with zero attached hydrogens (tertiary/aromatic N) is 3. The van der Waals surface area contributed by atoms with Crippen LogP contribution in [0, 0.1) is 30.6 Å². The number of nitrogens with one attached hydrogen (secondary N) is 2. The average molecular weight is 414 g/mol. The van der Waals surface area contributed by atoms with Gasteiger partial charge in [-0.05, 0) is 56.2 Å². The van der Waals surface area contributed by atoms with Gasteiger partial charge in [0.2, 0.25) is 5.88 Å². The van der Waals surface area contributed by atoms with Crippen LogP contribution in [-0.2, 0) is 0 Å². The summed E-state index contributed by atoms with van der Waals surface area (Å²) in [4.78, 5) is 21.0. The van der Waals surface area contributed by atoms with Crippen LogP contribution in [0.2, 0.25) is 0 Å². The molecular weight excluding hydrogens is 392 g/mol. The highest BCUT2D eigenvalue weighted by Crippen LogP contribution is 2.23. The highest BCUT2D eigenvalue weighted by molar-refractivity contribution is 6.15. The van der Waals surface area contributed by atoms with Crippen LogP contribution in [0.1, 0.15) is 45.2 Å². The average Bonchev–Trinajstić information content (AvgIpc) is 2.76. The van der Waals surface area contributed by atoms with Gasteiger partial charge >= 0.3 is 0 Å². The Hall–Kier alpha value is -4.25. The number of nitrogens with two attached hydrogens (primary N) is 1. The lowest BCUT2D eigenvalue weighted by Gasteiger charge is -2.13. The van der Waals surface area contributed by atoms with Gasteiger partial charge in [-0.3, -0.25) is 10.2 Å². The molecule has 0 aliphatic carbocycles. The van der Waals surface area contributed by atoms with E-state index >= 15 is 0 Å². The molecule has 0 unspecified atom stereocenters. The van der Waals surface area contributed by atoms with Crippen molar-refractivity contribution >= 4 is 23.0 Å². The molecule has 1 amide bonds. The van der Waals surface area contributed by atoms with E-state index in [4.69, 9.17) is 21.1 Å². The first-order chi connectivity index (χ1) is 14.8. The standard InChI is InChI=1S/C23H22N6O2/c1-4-31-20-9-15(7-8-27-20)21(26)18-10-17(5-6-19(18)25)29-23(30)22-14(3)13(2)16(11-24)12-28-22/h5-10,12,26H,4,25H2,1-3H3,(H,29,30). The minimum Gasteiger partial charge on any atom is -0.478 e. The second-order valence-corrected chi connectivity index (χ2v) is 6.83. The summed E-state index contributed by atoms with van der Waals surface area (Å²) in [6, 6.07) is 10.4. The van der Waals surface area contributed by atoms with Gasteiger partial charge < -0.3 is 15.8 Å². The number of benzene rings is 1. The zero-order valence-corrected chi connectivity index (χ0v) is 17.5. The van der Waals surface area contributed by atoms with E-state index in [9.17, 15) is 4.79 Å². The maximum Gasteiger partial charge on any atom is 0.274 e. The number of ether oxygens (including phenoxy) is 1. The molecule has 0 bridgehead atoms. The number of carbonyl (C=O) groups is 1. The highest BCUT2D eigenvalue weighted by atomic mass is 16.5. The molecule has 0 atom stereocenters. The van der Waals surface area contributed by atoms with Crippen LogP contribution in [0.3, 0.4) is 0 Å². The molecule has 3 rings (SSSR count). The van der Waals surface area contributed by atoms with Crippen molar-refractivity contribution in [3.63, 3.8) is 0 Å². The van der Waals surface area contributed by atoms with Crippen LogP contribution >= 0.6 is 0 Å². The Balaban J connectivity index is 1.89. The number of carbonyl (C=O) groups excluding carboxylic acids is 1. The van der Waals surface area contributed by atoms with Gasteiger partial charge in [0.25, 0.3) is 5.91 Å².